The highest BCUT2D eigenvalue weighted by Crippen LogP contribution is 2.25. The van der Waals surface area contributed by atoms with Gasteiger partial charge in [-0.2, -0.15) is 0 Å². The van der Waals surface area contributed by atoms with Crippen LogP contribution in [0.3, 0.4) is 0 Å². The number of aliphatic hydroxyl groups is 1. The lowest BCUT2D eigenvalue weighted by molar-refractivity contribution is 0.103. The van der Waals surface area contributed by atoms with Crippen LogP contribution in [-0.2, 0) is 6.61 Å². The molecule has 2 aromatic carbocycles. The Kier molecular flexibility index (Phi) is 3.77. The molecule has 0 aliphatic rings. The molecule has 0 fully saturated rings. The summed E-state index contributed by atoms with van der Waals surface area (Å²) in [6.07, 6.45) is 3.61. The number of imidazole rings is 1. The number of hydrogen-bond donors (Lipinski definition) is 3. The Balaban J connectivity index is 1.47. The second-order valence-corrected chi connectivity index (χ2v) is 6.61. The van der Waals surface area contributed by atoms with Crippen LogP contribution in [0.2, 0.25) is 0 Å². The second kappa shape index (κ2) is 6.44. The van der Waals surface area contributed by atoms with Crippen molar-refractivity contribution in [2.24, 2.45) is 0 Å². The van der Waals surface area contributed by atoms with Crippen LogP contribution in [0, 0.1) is 0 Å². The Morgan fingerprint density at radius 2 is 1.68 bits per heavy atom. The molecule has 0 atom stereocenters. The Morgan fingerprint density at radius 1 is 0.964 bits per heavy atom. The third-order valence-electron chi connectivity index (χ3n) is 4.85. The number of carbonyl (C=O) groups is 1. The first-order valence-corrected chi connectivity index (χ1v) is 8.90. The van der Waals surface area contributed by atoms with Crippen LogP contribution in [0.1, 0.15) is 21.5 Å². The predicted octanol–water partition coefficient (Wildman–Crippen LogP) is 3.83. The highest BCUT2D eigenvalue weighted by molar-refractivity contribution is 6.09. The van der Waals surface area contributed by atoms with Crippen LogP contribution in [0.4, 0.5) is 0 Å². The van der Waals surface area contributed by atoms with Gasteiger partial charge in [0.2, 0.25) is 0 Å². The second-order valence-electron chi connectivity index (χ2n) is 6.61. The summed E-state index contributed by atoms with van der Waals surface area (Å²) >= 11 is 0. The summed E-state index contributed by atoms with van der Waals surface area (Å²) in [5.41, 5.74) is 5.41. The van der Waals surface area contributed by atoms with Crippen molar-refractivity contribution in [3.05, 3.63) is 83.7 Å². The van der Waals surface area contributed by atoms with Crippen LogP contribution in [0.15, 0.2) is 67.0 Å². The lowest BCUT2D eigenvalue weighted by Gasteiger charge is -2.04. The first-order chi connectivity index (χ1) is 13.7. The summed E-state index contributed by atoms with van der Waals surface area (Å²) in [6, 6.07) is 16.3. The molecule has 3 aromatic heterocycles. The average Bonchev–Trinajstić information content (AvgIpc) is 3.40. The highest BCUT2D eigenvalue weighted by atomic mass is 16.3. The molecule has 5 rings (SSSR count). The van der Waals surface area contributed by atoms with Gasteiger partial charge in [-0.3, -0.25) is 4.79 Å². The first-order valence-electron chi connectivity index (χ1n) is 8.90. The van der Waals surface area contributed by atoms with E-state index in [9.17, 15) is 4.79 Å². The number of nitrogens with one attached hydrogen (secondary N) is 2. The van der Waals surface area contributed by atoms with E-state index >= 15 is 0 Å². The molecule has 6 nitrogen and oxygen atoms in total. The largest absolute Gasteiger partial charge is 0.392 e. The number of carbonyl (C=O) groups excluding carboxylic acids is 1. The molecule has 0 radical (unpaired) electrons. The van der Waals surface area contributed by atoms with E-state index in [1.807, 2.05) is 24.4 Å². The van der Waals surface area contributed by atoms with Crippen molar-refractivity contribution in [3.63, 3.8) is 0 Å². The van der Waals surface area contributed by atoms with Gasteiger partial charge < -0.3 is 15.1 Å². The molecule has 136 valence electrons. The predicted molar refractivity (Wildman–Crippen MR) is 107 cm³/mol. The molecule has 0 amide bonds. The lowest BCUT2D eigenvalue weighted by Crippen LogP contribution is -2.01. The minimum Gasteiger partial charge on any atom is -0.392 e. The SMILES string of the molecule is O=C(c1ccc(CO)cc1)c1ccc(-c2nc3c(cnc4[nH]ccc43)[nH]2)cc1. The van der Waals surface area contributed by atoms with Crippen LogP contribution in [0.25, 0.3) is 33.5 Å². The van der Waals surface area contributed by atoms with Gasteiger partial charge in [0.15, 0.2) is 5.78 Å². The molecule has 0 saturated heterocycles. The van der Waals surface area contributed by atoms with Crippen molar-refractivity contribution in [2.45, 2.75) is 6.61 Å². The molecule has 28 heavy (non-hydrogen) atoms. The van der Waals surface area contributed by atoms with Gasteiger partial charge in [0.25, 0.3) is 0 Å². The van der Waals surface area contributed by atoms with E-state index < -0.39 is 0 Å². The Bertz CT molecular complexity index is 1300. The minimum absolute atomic E-state index is 0.0365. The molecule has 3 N–H and O–H groups in total. The third kappa shape index (κ3) is 2.67. The van der Waals surface area contributed by atoms with Crippen LogP contribution >= 0.6 is 0 Å². The molecule has 0 aliphatic carbocycles. The smallest absolute Gasteiger partial charge is 0.193 e. The fourth-order valence-corrected chi connectivity index (χ4v) is 3.32. The van der Waals surface area contributed by atoms with E-state index in [2.05, 4.69) is 15.0 Å². The van der Waals surface area contributed by atoms with Crippen molar-refractivity contribution in [1.29, 1.82) is 0 Å². The molecule has 6 heteroatoms. The van der Waals surface area contributed by atoms with E-state index in [-0.39, 0.29) is 12.4 Å². The Hall–Kier alpha value is -3.77. The Morgan fingerprint density at radius 3 is 2.39 bits per heavy atom. The zero-order valence-electron chi connectivity index (χ0n) is 14.8. The number of aromatic amines is 2. The lowest BCUT2D eigenvalue weighted by atomic mass is 10.0. The normalized spacial score (nSPS) is 11.3. The number of hydrogen-bond acceptors (Lipinski definition) is 4. The van der Waals surface area contributed by atoms with Gasteiger partial charge in [-0.1, -0.05) is 48.5 Å². The van der Waals surface area contributed by atoms with Crippen LogP contribution in [0.5, 0.6) is 0 Å². The number of rotatable bonds is 4. The fraction of sp³-hybridized carbons (Fsp3) is 0.0455. The van der Waals surface area contributed by atoms with Crippen molar-refractivity contribution < 1.29 is 9.90 Å². The summed E-state index contributed by atoms with van der Waals surface area (Å²) in [7, 11) is 0. The molecule has 0 saturated carbocycles. The first kappa shape index (κ1) is 16.4. The maximum absolute atomic E-state index is 12.7. The fourth-order valence-electron chi connectivity index (χ4n) is 3.32. The van der Waals surface area contributed by atoms with Gasteiger partial charge in [0, 0.05) is 28.3 Å². The quantitative estimate of drug-likeness (QED) is 0.420. The van der Waals surface area contributed by atoms with Crippen LogP contribution < -0.4 is 0 Å². The monoisotopic (exact) mass is 368 g/mol. The summed E-state index contributed by atoms with van der Waals surface area (Å²) < 4.78 is 0. The van der Waals surface area contributed by atoms with E-state index in [0.29, 0.717) is 11.1 Å². The molecular formula is C22H16N4O2. The van der Waals surface area contributed by atoms with E-state index in [1.165, 1.54) is 0 Å². The van der Waals surface area contributed by atoms with Gasteiger partial charge in [0.05, 0.1) is 18.3 Å². The number of nitrogens with zero attached hydrogens (tertiary/aromatic N) is 2. The average molecular weight is 368 g/mol. The molecule has 0 unspecified atom stereocenters. The molecular weight excluding hydrogens is 352 g/mol. The molecule has 3 heterocycles. The van der Waals surface area contributed by atoms with E-state index in [0.717, 1.165) is 39.0 Å². The van der Waals surface area contributed by atoms with Crippen molar-refractivity contribution >= 4 is 27.9 Å². The van der Waals surface area contributed by atoms with Gasteiger partial charge in [-0.25, -0.2) is 9.97 Å². The number of ketones is 1. The summed E-state index contributed by atoms with van der Waals surface area (Å²) in [4.78, 5) is 28.1. The third-order valence-corrected chi connectivity index (χ3v) is 4.85. The van der Waals surface area contributed by atoms with E-state index in [4.69, 9.17) is 10.1 Å². The summed E-state index contributed by atoms with van der Waals surface area (Å²) in [6.45, 7) is -0.0365. The molecule has 5 aromatic rings. The van der Waals surface area contributed by atoms with Crippen molar-refractivity contribution in [1.82, 2.24) is 19.9 Å². The summed E-state index contributed by atoms with van der Waals surface area (Å²) in [5, 5.41) is 10.1. The minimum atomic E-state index is -0.0566. The van der Waals surface area contributed by atoms with Gasteiger partial charge in [0.1, 0.15) is 17.0 Å². The number of fused-ring (bicyclic) bond motifs is 3. The molecule has 0 aliphatic heterocycles. The molecule has 0 spiro atoms. The van der Waals surface area contributed by atoms with E-state index in [1.54, 1.807) is 42.6 Å². The summed E-state index contributed by atoms with van der Waals surface area (Å²) in [5.74, 6) is 0.677. The maximum atomic E-state index is 12.7. The topological polar surface area (TPSA) is 94.7 Å². The van der Waals surface area contributed by atoms with Crippen LogP contribution in [-0.4, -0.2) is 30.8 Å². The van der Waals surface area contributed by atoms with Gasteiger partial charge in [-0.05, 0) is 11.6 Å². The number of aliphatic hydroxyl groups excluding tert-OH is 1. The number of aromatic nitrogens is 4. The zero-order valence-corrected chi connectivity index (χ0v) is 14.8. The highest BCUT2D eigenvalue weighted by Gasteiger charge is 2.12. The van der Waals surface area contributed by atoms with Crippen molar-refractivity contribution in [3.8, 4) is 11.4 Å². The zero-order chi connectivity index (χ0) is 19.1. The number of benzene rings is 2. The van der Waals surface area contributed by atoms with Gasteiger partial charge >= 0.3 is 0 Å². The molecule has 0 bridgehead atoms. The van der Waals surface area contributed by atoms with Crippen molar-refractivity contribution in [2.75, 3.05) is 0 Å². The van der Waals surface area contributed by atoms with Gasteiger partial charge in [-0.15, -0.1) is 0 Å². The number of H-pyrrole nitrogens is 2. The maximum Gasteiger partial charge on any atom is 0.193 e. The standard InChI is InChI=1S/C22H16N4O2/c27-12-13-1-3-14(4-2-13)20(28)15-5-7-16(8-6-15)21-25-18-11-24-22-17(9-10-23-22)19(18)26-21/h1-11,27H,12H2,(H,23,24)(H,25,26). The number of pyridine rings is 1. The Labute approximate surface area is 159 Å².